The average molecular weight is 1210 g/mol. The number of hydrogen-bond acceptors (Lipinski definition) is 10. The van der Waals surface area contributed by atoms with Crippen molar-refractivity contribution in [2.75, 3.05) is 26.2 Å². The minimum atomic E-state index is -1.17. The largest absolute Gasteiger partial charge is 0.448 e. The van der Waals surface area contributed by atoms with Crippen molar-refractivity contribution in [1.29, 1.82) is 0 Å². The lowest BCUT2D eigenvalue weighted by Gasteiger charge is -2.36. The molecule has 6 saturated heterocycles. The van der Waals surface area contributed by atoms with E-state index in [1.807, 2.05) is 121 Å². The molecule has 470 valence electrons. The van der Waals surface area contributed by atoms with Gasteiger partial charge in [0.2, 0.25) is 0 Å². The van der Waals surface area contributed by atoms with E-state index in [1.54, 1.807) is 0 Å². The summed E-state index contributed by atoms with van der Waals surface area (Å²) < 4.78 is 13.8. The fourth-order valence-corrected chi connectivity index (χ4v) is 15.2. The van der Waals surface area contributed by atoms with Crippen molar-refractivity contribution in [3.8, 4) is 0 Å². The zero-order chi connectivity index (χ0) is 62.7. The number of fused-ring (bicyclic) bond motifs is 2. The van der Waals surface area contributed by atoms with E-state index < -0.39 is 18.3 Å². The molecule has 0 saturated carbocycles. The first kappa shape index (κ1) is 66.5. The minimum Gasteiger partial charge on any atom is -0.427 e. The topological polar surface area (TPSA) is 130 Å². The Labute approximate surface area is 540 Å². The van der Waals surface area contributed by atoms with Crippen molar-refractivity contribution in [3.63, 3.8) is 0 Å². The highest BCUT2D eigenvalue weighted by Crippen LogP contribution is 2.51. The van der Waals surface area contributed by atoms with Gasteiger partial charge in [-0.15, -0.1) is 0 Å². The van der Waals surface area contributed by atoms with Crippen LogP contribution < -0.4 is 10.6 Å². The lowest BCUT2D eigenvalue weighted by molar-refractivity contribution is 0.0440. The van der Waals surface area contributed by atoms with Crippen LogP contribution in [0.5, 0.6) is 0 Å². The highest BCUT2D eigenvalue weighted by Gasteiger charge is 2.59. The predicted octanol–water partition coefficient (Wildman–Crippen LogP) is 14.1. The Bertz CT molecular complexity index is 2930. The second-order valence-electron chi connectivity index (χ2n) is 25.1. The normalized spacial score (nSPS) is 20.7. The summed E-state index contributed by atoms with van der Waals surface area (Å²) in [7, 11) is -0.671. The summed E-state index contributed by atoms with van der Waals surface area (Å²) in [5, 5.41) is 44.9. The standard InChI is InChI=1S/2C21H26BNO.2C17H19NO.CH5BO2.H2/c2*1-2-3-16-22-23-17-10-15-20(23)21(24-22,18-11-6-4-7-12-18)19-13-8-5-9-14-19;2*19-17(16-12-7-13-18-16,14-8-3-1-4-9-14)15-10-5-2-6-11-15;1-2(3)4;/h2*4-9,11-14,20H,2-3,10,15-17H2,1H3;2*1-6,8-11,16,18-19H,7,12-13H2;3-4H,1H3;1H/t20-;;16-;;;/m0.0.../s1/i;;;;;1+1. The van der Waals surface area contributed by atoms with Crippen molar-refractivity contribution in [2.45, 2.75) is 157 Å². The van der Waals surface area contributed by atoms with E-state index in [-0.39, 0.29) is 38.8 Å². The average Bonchev–Trinajstić information content (AvgIpc) is 1.61. The maximum atomic E-state index is 11.4. The van der Waals surface area contributed by atoms with E-state index in [1.165, 1.54) is 93.5 Å². The van der Waals surface area contributed by atoms with Crippen LogP contribution in [0.1, 0.15) is 137 Å². The molecule has 10 nitrogen and oxygen atoms in total. The highest BCUT2D eigenvalue weighted by atomic mass is 16.5. The zero-order valence-electron chi connectivity index (χ0n) is 53.4. The summed E-state index contributed by atoms with van der Waals surface area (Å²) in [6.07, 6.45) is 16.4. The molecule has 6 heterocycles. The van der Waals surface area contributed by atoms with Crippen molar-refractivity contribution in [3.05, 3.63) is 287 Å². The second-order valence-corrected chi connectivity index (χ2v) is 25.1. The van der Waals surface area contributed by atoms with Crippen LogP contribution in [-0.4, -0.2) is 101 Å². The van der Waals surface area contributed by atoms with Crippen LogP contribution in [0, 0.1) is 0 Å². The molecule has 8 aromatic rings. The Morgan fingerprint density at radius 2 is 0.689 bits per heavy atom. The molecule has 4 atom stereocenters. The van der Waals surface area contributed by atoms with Gasteiger partial charge in [-0.05, 0) is 142 Å². The second kappa shape index (κ2) is 32.2. The molecular weight excluding hydrogens is 1110 g/mol. The SMILES string of the molecule is CB(O)O.CCCCB1OC(c2ccccc2)(c2ccccc2)C2CCCN12.CCCCB1OC(c2ccccc2)(c2ccccc2)[C@@H]2CCCN12.OC(c1ccccc1)(c1ccccc1)C1CCCN1.OC(c1ccccc1)(c1ccccc1)[C@@H]1CCCN1.[2HH]. The Kier molecular flexibility index (Phi) is 23.8. The van der Waals surface area contributed by atoms with Gasteiger partial charge in [0.05, 0.1) is 0 Å². The molecule has 6 N–H and O–H groups in total. The van der Waals surface area contributed by atoms with Crippen LogP contribution in [-0.2, 0) is 31.7 Å². The van der Waals surface area contributed by atoms with Gasteiger partial charge < -0.3 is 49.8 Å². The van der Waals surface area contributed by atoms with Gasteiger partial charge in [-0.2, -0.15) is 0 Å². The number of rotatable bonds is 16. The molecule has 6 aliphatic heterocycles. The molecule has 0 amide bonds. The maximum absolute atomic E-state index is 11.4. The van der Waals surface area contributed by atoms with Crippen LogP contribution in [0.15, 0.2) is 243 Å². The lowest BCUT2D eigenvalue weighted by atomic mass is 9.75. The molecule has 8 aromatic carbocycles. The van der Waals surface area contributed by atoms with E-state index in [9.17, 15) is 10.2 Å². The fraction of sp³-hybridized carbons (Fsp3) is 0.377. The van der Waals surface area contributed by atoms with Gasteiger partial charge in [0.15, 0.2) is 0 Å². The number of hydrogen-bond donors (Lipinski definition) is 6. The summed E-state index contributed by atoms with van der Waals surface area (Å²) in [6.45, 7) is 10.1. The first-order valence-electron chi connectivity index (χ1n) is 33.7. The summed E-state index contributed by atoms with van der Waals surface area (Å²) in [5.74, 6) is 0. The molecule has 6 aliphatic rings. The molecule has 0 spiro atoms. The van der Waals surface area contributed by atoms with Crippen LogP contribution >= 0.6 is 0 Å². The monoisotopic (exact) mass is 1210 g/mol. The van der Waals surface area contributed by atoms with Crippen LogP contribution in [0.4, 0.5) is 0 Å². The third-order valence-electron chi connectivity index (χ3n) is 19.3. The van der Waals surface area contributed by atoms with Crippen molar-refractivity contribution in [1.82, 2.24) is 20.3 Å². The number of nitrogens with one attached hydrogen (secondary N) is 2. The van der Waals surface area contributed by atoms with Gasteiger partial charge in [0.1, 0.15) is 22.4 Å². The summed E-state index contributed by atoms with van der Waals surface area (Å²) in [5.41, 5.74) is 6.49. The van der Waals surface area contributed by atoms with Crippen molar-refractivity contribution >= 4 is 21.2 Å². The predicted molar refractivity (Wildman–Crippen MR) is 372 cm³/mol. The van der Waals surface area contributed by atoms with Gasteiger partial charge >= 0.3 is 21.2 Å². The molecule has 0 aromatic heterocycles. The molecular formula is C77H97B3N4O6. The van der Waals surface area contributed by atoms with Crippen LogP contribution in [0.25, 0.3) is 0 Å². The van der Waals surface area contributed by atoms with Crippen molar-refractivity contribution in [2.24, 2.45) is 0 Å². The lowest BCUT2D eigenvalue weighted by Crippen LogP contribution is -2.46. The molecule has 2 unspecified atom stereocenters. The first-order chi connectivity index (χ1) is 44.1. The molecule has 0 bridgehead atoms. The quantitative estimate of drug-likeness (QED) is 0.0520. The maximum Gasteiger partial charge on any atom is 0.448 e. The number of unbranched alkanes of at least 4 members (excludes halogenated alkanes) is 2. The molecule has 90 heavy (non-hydrogen) atoms. The van der Waals surface area contributed by atoms with E-state index >= 15 is 0 Å². The van der Waals surface area contributed by atoms with Gasteiger partial charge in [0, 0.05) is 25.6 Å². The zero-order valence-corrected chi connectivity index (χ0v) is 53.4. The molecule has 14 rings (SSSR count). The van der Waals surface area contributed by atoms with E-state index in [0.29, 0.717) is 12.1 Å². The Morgan fingerprint density at radius 1 is 0.433 bits per heavy atom. The number of nitrogens with zero attached hydrogens (tertiary/aromatic N) is 2. The van der Waals surface area contributed by atoms with Crippen molar-refractivity contribution < 1.29 is 31.0 Å². The number of benzene rings is 8. The summed E-state index contributed by atoms with van der Waals surface area (Å²) >= 11 is 0. The highest BCUT2D eigenvalue weighted by molar-refractivity contribution is 6.50. The summed E-state index contributed by atoms with van der Waals surface area (Å²) in [6, 6.07) is 84.4. The van der Waals surface area contributed by atoms with Gasteiger partial charge in [-0.1, -0.05) is 282 Å². The molecule has 6 fully saturated rings. The molecule has 13 heteroatoms. The van der Waals surface area contributed by atoms with E-state index in [4.69, 9.17) is 19.4 Å². The minimum absolute atomic E-state index is 0. The third-order valence-corrected chi connectivity index (χ3v) is 19.3. The molecule has 0 radical (unpaired) electrons. The fourth-order valence-electron chi connectivity index (χ4n) is 15.2. The smallest absolute Gasteiger partial charge is 0.427 e. The Balaban J connectivity index is 0.000000141. The van der Waals surface area contributed by atoms with Crippen LogP contribution in [0.3, 0.4) is 0 Å². The molecule has 0 aliphatic carbocycles. The van der Waals surface area contributed by atoms with Gasteiger partial charge in [0.25, 0.3) is 0 Å². The number of aliphatic hydroxyl groups is 2. The first-order valence-corrected chi connectivity index (χ1v) is 33.7. The van der Waals surface area contributed by atoms with E-state index in [0.717, 1.165) is 73.7 Å². The third kappa shape index (κ3) is 14.7. The van der Waals surface area contributed by atoms with Gasteiger partial charge in [-0.25, -0.2) is 0 Å². The Morgan fingerprint density at radius 3 is 0.922 bits per heavy atom. The van der Waals surface area contributed by atoms with Gasteiger partial charge in [-0.3, -0.25) is 0 Å². The Hall–Kier alpha value is -6.45. The summed E-state index contributed by atoms with van der Waals surface area (Å²) in [4.78, 5) is 5.27. The van der Waals surface area contributed by atoms with Crippen LogP contribution in [0.2, 0.25) is 19.5 Å². The van der Waals surface area contributed by atoms with E-state index in [2.05, 4.69) is 155 Å².